The maximum Gasteiger partial charge on any atom is 0.271 e. The van der Waals surface area contributed by atoms with Gasteiger partial charge < -0.3 is 15.1 Å². The molecule has 39 heavy (non-hydrogen) atoms. The Balaban J connectivity index is 1.19. The van der Waals surface area contributed by atoms with Crippen LogP contribution in [-0.2, 0) is 15.1 Å². The van der Waals surface area contributed by atoms with E-state index in [1.165, 1.54) is 11.0 Å². The van der Waals surface area contributed by atoms with Gasteiger partial charge in [0.15, 0.2) is 5.82 Å². The number of hydrogen-bond donors (Lipinski definition) is 2. The van der Waals surface area contributed by atoms with Crippen LogP contribution in [0.1, 0.15) is 48.2 Å². The zero-order chi connectivity index (χ0) is 26.6. The second-order valence-electron chi connectivity index (χ2n) is 10.7. The van der Waals surface area contributed by atoms with Crippen LogP contribution in [-0.4, -0.2) is 96.7 Å². The van der Waals surface area contributed by atoms with E-state index in [2.05, 4.69) is 35.9 Å². The van der Waals surface area contributed by atoms with Crippen LogP contribution < -0.4 is 10.2 Å². The predicted octanol–water partition coefficient (Wildman–Crippen LogP) is 0.464. The zero-order valence-corrected chi connectivity index (χ0v) is 21.5. The Hall–Kier alpha value is -4.13. The molecule has 1 aromatic carbocycles. The van der Waals surface area contributed by atoms with Gasteiger partial charge in [-0.25, -0.2) is 0 Å². The van der Waals surface area contributed by atoms with Gasteiger partial charge in [-0.1, -0.05) is 18.2 Å². The SMILES string of the molecule is O=C1NCCCN(C(=O)c2cc(-n3cnnn3)n[nH]2)CCCN2C(=O)[C@@]3(c4ccccc42)[C@H]1C[C@@H]1CCCN13. The molecule has 4 aliphatic rings. The molecule has 2 aromatic heterocycles. The van der Waals surface area contributed by atoms with Gasteiger partial charge in [-0.3, -0.25) is 24.4 Å². The summed E-state index contributed by atoms with van der Waals surface area (Å²) >= 11 is 0. The Kier molecular flexibility index (Phi) is 5.69. The fourth-order valence-electron chi connectivity index (χ4n) is 7.10. The van der Waals surface area contributed by atoms with Crippen LogP contribution in [0.4, 0.5) is 5.69 Å². The van der Waals surface area contributed by atoms with E-state index in [-0.39, 0.29) is 23.8 Å². The average Bonchev–Trinajstić information content (AvgIpc) is 3.76. The number of amides is 3. The predicted molar refractivity (Wildman–Crippen MR) is 138 cm³/mol. The second kappa shape index (κ2) is 9.26. The molecule has 4 aliphatic heterocycles. The number of anilines is 1. The van der Waals surface area contributed by atoms with E-state index in [0.29, 0.717) is 57.0 Å². The molecule has 202 valence electrons. The Labute approximate surface area is 224 Å². The monoisotopic (exact) mass is 530 g/mol. The van der Waals surface area contributed by atoms with Crippen molar-refractivity contribution in [2.75, 3.05) is 37.6 Å². The third-order valence-electron chi connectivity index (χ3n) is 8.71. The molecule has 7 rings (SSSR count). The zero-order valence-electron chi connectivity index (χ0n) is 21.5. The van der Waals surface area contributed by atoms with Gasteiger partial charge in [0.25, 0.3) is 11.8 Å². The summed E-state index contributed by atoms with van der Waals surface area (Å²) < 4.78 is 1.37. The van der Waals surface area contributed by atoms with Crippen molar-refractivity contribution in [1.82, 2.24) is 45.5 Å². The van der Waals surface area contributed by atoms with Crippen LogP contribution >= 0.6 is 0 Å². The molecule has 3 amide bonds. The number of H-pyrrole nitrogens is 1. The van der Waals surface area contributed by atoms with Crippen molar-refractivity contribution in [3.05, 3.63) is 47.9 Å². The molecule has 0 saturated carbocycles. The van der Waals surface area contributed by atoms with Crippen LogP contribution in [0, 0.1) is 5.92 Å². The van der Waals surface area contributed by atoms with Crippen molar-refractivity contribution in [1.29, 1.82) is 0 Å². The molecule has 0 aliphatic carbocycles. The molecule has 6 heterocycles. The van der Waals surface area contributed by atoms with Crippen molar-refractivity contribution in [3.8, 4) is 5.82 Å². The minimum atomic E-state index is -0.950. The first-order chi connectivity index (χ1) is 19.1. The smallest absolute Gasteiger partial charge is 0.271 e. The molecule has 3 saturated heterocycles. The summed E-state index contributed by atoms with van der Waals surface area (Å²) in [6.07, 6.45) is 5.35. The first-order valence-corrected chi connectivity index (χ1v) is 13.6. The van der Waals surface area contributed by atoms with Crippen molar-refractivity contribution in [2.45, 2.75) is 43.7 Å². The van der Waals surface area contributed by atoms with E-state index in [1.54, 1.807) is 11.0 Å². The highest BCUT2D eigenvalue weighted by Crippen LogP contribution is 2.57. The molecule has 0 unspecified atom stereocenters. The molecule has 13 nitrogen and oxygen atoms in total. The minimum absolute atomic E-state index is 0.00924. The van der Waals surface area contributed by atoms with E-state index in [4.69, 9.17) is 0 Å². The summed E-state index contributed by atoms with van der Waals surface area (Å²) in [7, 11) is 0. The van der Waals surface area contributed by atoms with Gasteiger partial charge in [0.1, 0.15) is 17.6 Å². The van der Waals surface area contributed by atoms with Crippen LogP contribution in [0.15, 0.2) is 36.7 Å². The van der Waals surface area contributed by atoms with Gasteiger partial charge >= 0.3 is 0 Å². The van der Waals surface area contributed by atoms with Crippen LogP contribution in [0.5, 0.6) is 0 Å². The van der Waals surface area contributed by atoms with E-state index >= 15 is 0 Å². The van der Waals surface area contributed by atoms with Gasteiger partial charge in [-0.05, 0) is 55.1 Å². The number of nitrogens with one attached hydrogen (secondary N) is 2. The number of para-hydroxylation sites is 1. The molecular formula is C26H30N10O3. The summed E-state index contributed by atoms with van der Waals surface area (Å²) in [5.74, 6) is -0.312. The van der Waals surface area contributed by atoms with Gasteiger partial charge in [0.2, 0.25) is 5.91 Å². The Morgan fingerprint density at radius 2 is 1.92 bits per heavy atom. The first-order valence-electron chi connectivity index (χ1n) is 13.6. The lowest BCUT2D eigenvalue weighted by Gasteiger charge is -2.37. The van der Waals surface area contributed by atoms with Gasteiger partial charge in [0, 0.05) is 49.5 Å². The van der Waals surface area contributed by atoms with E-state index < -0.39 is 11.5 Å². The third kappa shape index (κ3) is 3.59. The highest BCUT2D eigenvalue weighted by Gasteiger charge is 2.67. The van der Waals surface area contributed by atoms with Gasteiger partial charge in [-0.2, -0.15) is 9.78 Å². The largest absolute Gasteiger partial charge is 0.356 e. The summed E-state index contributed by atoms with van der Waals surface area (Å²) in [6.45, 7) is 2.64. The first kappa shape index (κ1) is 23.9. The Bertz CT molecular complexity index is 1420. The number of rotatable bonds is 2. The van der Waals surface area contributed by atoms with Gasteiger partial charge in [0.05, 0.1) is 5.92 Å². The maximum absolute atomic E-state index is 14.4. The molecule has 2 N–H and O–H groups in total. The molecule has 1 spiro atoms. The lowest BCUT2D eigenvalue weighted by atomic mass is 9.78. The average molecular weight is 531 g/mol. The number of hydrogen-bond acceptors (Lipinski definition) is 8. The number of tetrazole rings is 1. The van der Waals surface area contributed by atoms with Crippen molar-refractivity contribution < 1.29 is 14.4 Å². The summed E-state index contributed by atoms with van der Waals surface area (Å²) in [5.41, 5.74) is 1.19. The van der Waals surface area contributed by atoms with Crippen LogP contribution in [0.3, 0.4) is 0 Å². The Morgan fingerprint density at radius 1 is 1.05 bits per heavy atom. The highest BCUT2D eigenvalue weighted by atomic mass is 16.2. The number of fused-ring (bicyclic) bond motifs is 4. The molecular weight excluding hydrogens is 500 g/mol. The Morgan fingerprint density at radius 3 is 2.79 bits per heavy atom. The summed E-state index contributed by atoms with van der Waals surface area (Å²) in [5, 5.41) is 21.1. The normalized spacial score (nSPS) is 27.3. The highest BCUT2D eigenvalue weighted by molar-refractivity contribution is 6.11. The molecule has 2 bridgehead atoms. The van der Waals surface area contributed by atoms with Crippen LogP contribution in [0.2, 0.25) is 0 Å². The minimum Gasteiger partial charge on any atom is -0.356 e. The second-order valence-corrected chi connectivity index (χ2v) is 10.7. The van der Waals surface area contributed by atoms with Crippen molar-refractivity contribution in [2.24, 2.45) is 5.92 Å². The standard InChI is InChI=1S/C26H30N10O3/c37-23-19-14-17-6-3-13-35(17)26(19)18-7-1-2-8-21(18)34(25(26)39)12-5-11-33(10-4-9-27-23)24(38)20-15-22(30-29-20)36-16-28-31-32-36/h1-2,7-8,15-17,19H,3-6,9-14H2,(H,27,37)(H,29,30)/t17-,19-,26+/m0/s1. The maximum atomic E-state index is 14.4. The summed E-state index contributed by atoms with van der Waals surface area (Å²) in [4.78, 5) is 47.5. The number of aromatic amines is 1. The molecule has 3 atom stereocenters. The number of carbonyl (C=O) groups is 3. The molecule has 13 heteroatoms. The summed E-state index contributed by atoms with van der Waals surface area (Å²) in [6, 6.07) is 9.78. The van der Waals surface area contributed by atoms with E-state index in [1.807, 2.05) is 29.2 Å². The topological polar surface area (TPSA) is 145 Å². The lowest BCUT2D eigenvalue weighted by Crippen LogP contribution is -2.56. The quantitative estimate of drug-likeness (QED) is 0.486. The molecule has 3 aromatic rings. The number of carbonyl (C=O) groups excluding carboxylic acids is 3. The lowest BCUT2D eigenvalue weighted by molar-refractivity contribution is -0.138. The number of aromatic nitrogens is 6. The van der Waals surface area contributed by atoms with Crippen molar-refractivity contribution >= 4 is 23.4 Å². The fraction of sp³-hybridized carbons (Fsp3) is 0.500. The third-order valence-corrected chi connectivity index (χ3v) is 8.71. The molecule has 3 fully saturated rings. The van der Waals surface area contributed by atoms with Gasteiger partial charge in [-0.15, -0.1) is 5.10 Å². The molecule has 0 radical (unpaired) electrons. The fourth-order valence-corrected chi connectivity index (χ4v) is 7.10. The number of benzene rings is 1. The van der Waals surface area contributed by atoms with E-state index in [0.717, 1.165) is 30.6 Å². The number of nitrogens with zero attached hydrogens (tertiary/aromatic N) is 8. The van der Waals surface area contributed by atoms with Crippen molar-refractivity contribution in [3.63, 3.8) is 0 Å². The van der Waals surface area contributed by atoms with E-state index in [9.17, 15) is 14.4 Å². The van der Waals surface area contributed by atoms with Crippen LogP contribution in [0.25, 0.3) is 5.82 Å².